The van der Waals surface area contributed by atoms with Crippen LogP contribution in [0.2, 0.25) is 0 Å². The third-order valence-corrected chi connectivity index (χ3v) is 7.50. The summed E-state index contributed by atoms with van der Waals surface area (Å²) in [6, 6.07) is 6.37. The van der Waals surface area contributed by atoms with Gasteiger partial charge in [-0.05, 0) is 66.2 Å². The van der Waals surface area contributed by atoms with Crippen molar-refractivity contribution in [2.75, 3.05) is 36.4 Å². The van der Waals surface area contributed by atoms with Crippen molar-refractivity contribution < 1.29 is 4.79 Å². The molecule has 1 saturated heterocycles. The van der Waals surface area contributed by atoms with Crippen LogP contribution in [0.15, 0.2) is 43.0 Å². The fraction of sp³-hybridized carbons (Fsp3) is 0.467. The van der Waals surface area contributed by atoms with Crippen molar-refractivity contribution in [3.05, 3.63) is 60.1 Å². The number of hydrogen-bond donors (Lipinski definition) is 1. The van der Waals surface area contributed by atoms with Gasteiger partial charge < -0.3 is 10.2 Å². The predicted octanol–water partition coefficient (Wildman–Crippen LogP) is 4.33. The van der Waals surface area contributed by atoms with E-state index in [4.69, 9.17) is 0 Å². The Bertz CT molecular complexity index is 1520. The van der Waals surface area contributed by atoms with E-state index in [1.165, 1.54) is 0 Å². The third-order valence-electron chi connectivity index (χ3n) is 7.50. The molecule has 1 fully saturated rings. The number of carbonyl (C=O) groups excluding carboxylic acids is 1. The summed E-state index contributed by atoms with van der Waals surface area (Å²) in [4.78, 5) is 27.0. The largest absolute Gasteiger partial charge is 0.368 e. The van der Waals surface area contributed by atoms with Gasteiger partial charge in [-0.1, -0.05) is 12.1 Å². The molecule has 4 aromatic rings. The first kappa shape index (κ1) is 28.4. The van der Waals surface area contributed by atoms with E-state index in [1.807, 2.05) is 42.3 Å². The van der Waals surface area contributed by atoms with Crippen molar-refractivity contribution in [1.82, 2.24) is 39.6 Å². The molecule has 5 heterocycles. The Morgan fingerprint density at radius 1 is 1.05 bits per heavy atom. The molecule has 4 aromatic heterocycles. The second kappa shape index (κ2) is 11.4. The number of pyridine rings is 2. The zero-order valence-corrected chi connectivity index (χ0v) is 25.1. The first-order chi connectivity index (χ1) is 19.5. The normalized spacial score (nSPS) is 14.6. The third kappa shape index (κ3) is 6.14. The predicted molar refractivity (Wildman–Crippen MR) is 161 cm³/mol. The molecule has 1 aliphatic rings. The van der Waals surface area contributed by atoms with Crippen LogP contribution in [-0.2, 0) is 12.0 Å². The Balaban J connectivity index is 1.33. The van der Waals surface area contributed by atoms with Crippen molar-refractivity contribution in [1.29, 1.82) is 0 Å². The van der Waals surface area contributed by atoms with Gasteiger partial charge in [0, 0.05) is 49.7 Å². The van der Waals surface area contributed by atoms with Gasteiger partial charge in [-0.2, -0.15) is 5.10 Å². The number of piperazine rings is 1. The summed E-state index contributed by atoms with van der Waals surface area (Å²) in [5, 5.41) is 16.3. The molecule has 0 bridgehead atoms. The molecule has 11 nitrogen and oxygen atoms in total. The highest BCUT2D eigenvalue weighted by atomic mass is 16.2. The minimum absolute atomic E-state index is 0.217. The van der Waals surface area contributed by atoms with Crippen LogP contribution in [0.3, 0.4) is 0 Å². The van der Waals surface area contributed by atoms with E-state index in [9.17, 15) is 4.79 Å². The van der Waals surface area contributed by atoms with Crippen molar-refractivity contribution in [3.63, 3.8) is 0 Å². The molecule has 0 spiro atoms. The Labute approximate surface area is 241 Å². The quantitative estimate of drug-likeness (QED) is 0.358. The average molecular weight is 557 g/mol. The van der Waals surface area contributed by atoms with Gasteiger partial charge in [-0.25, -0.2) is 4.68 Å². The first-order valence-corrected chi connectivity index (χ1v) is 14.3. The maximum Gasteiger partial charge on any atom is 0.276 e. The average Bonchev–Trinajstić information content (AvgIpc) is 3.62. The number of carbonyl (C=O) groups is 1. The number of aryl methyl sites for hydroxylation is 2. The Morgan fingerprint density at radius 2 is 1.80 bits per heavy atom. The van der Waals surface area contributed by atoms with Gasteiger partial charge in [-0.3, -0.25) is 24.3 Å². The van der Waals surface area contributed by atoms with E-state index >= 15 is 0 Å². The maximum absolute atomic E-state index is 13.1. The maximum atomic E-state index is 13.1. The number of amides is 1. The zero-order valence-electron chi connectivity index (χ0n) is 25.1. The summed E-state index contributed by atoms with van der Waals surface area (Å²) in [6.45, 7) is 18.7. The summed E-state index contributed by atoms with van der Waals surface area (Å²) in [5.41, 5.74) is 5.92. The standard InChI is InChI=1S/C30H40N10O/c1-8-24-15-26(35-40(24)30(5,6)7)29(41)33-23-14-28(21(4)32-17-23)39-19-27(34-36-39)22-13-25(18-31-16-22)38-11-9-37(10-12-38)20(2)3/h13-20H,8-12H2,1-7H3,(H,33,41). The lowest BCUT2D eigenvalue weighted by Gasteiger charge is -2.38. The lowest BCUT2D eigenvalue weighted by Crippen LogP contribution is -2.48. The topological polar surface area (TPSA) is 110 Å². The van der Waals surface area contributed by atoms with Crippen molar-refractivity contribution in [3.8, 4) is 16.9 Å². The molecule has 1 aliphatic heterocycles. The van der Waals surface area contributed by atoms with Gasteiger partial charge in [0.05, 0.1) is 46.9 Å². The molecule has 0 saturated carbocycles. The zero-order chi connectivity index (χ0) is 29.3. The second-order valence-corrected chi connectivity index (χ2v) is 11.8. The summed E-state index contributed by atoms with van der Waals surface area (Å²) >= 11 is 0. The molecule has 1 N–H and O–H groups in total. The second-order valence-electron chi connectivity index (χ2n) is 11.8. The molecule has 0 unspecified atom stereocenters. The number of hydrogen-bond acceptors (Lipinski definition) is 8. The van der Waals surface area contributed by atoms with E-state index in [0.717, 1.165) is 60.9 Å². The SMILES string of the molecule is CCc1cc(C(=O)Nc2cnc(C)c(-n3cc(-c4cncc(N5CCN(C(C)C)CC5)c4)nn3)c2)nn1C(C)(C)C. The van der Waals surface area contributed by atoms with Gasteiger partial charge in [0.1, 0.15) is 5.69 Å². The number of rotatable bonds is 7. The highest BCUT2D eigenvalue weighted by molar-refractivity contribution is 6.03. The molecule has 5 rings (SSSR count). The minimum atomic E-state index is -0.282. The van der Waals surface area contributed by atoms with Crippen LogP contribution in [0.5, 0.6) is 0 Å². The summed E-state index contributed by atoms with van der Waals surface area (Å²) in [5.74, 6) is -0.282. The Morgan fingerprint density at radius 3 is 2.46 bits per heavy atom. The summed E-state index contributed by atoms with van der Waals surface area (Å²) in [7, 11) is 0. The van der Waals surface area contributed by atoms with Crippen LogP contribution in [0, 0.1) is 6.92 Å². The number of nitrogens with zero attached hydrogens (tertiary/aromatic N) is 9. The van der Waals surface area contributed by atoms with Gasteiger partial charge in [-0.15, -0.1) is 5.10 Å². The number of anilines is 2. The van der Waals surface area contributed by atoms with Crippen LogP contribution in [0.4, 0.5) is 11.4 Å². The molecule has 41 heavy (non-hydrogen) atoms. The molecule has 0 radical (unpaired) electrons. The van der Waals surface area contributed by atoms with Crippen molar-refractivity contribution >= 4 is 17.3 Å². The van der Waals surface area contributed by atoms with Gasteiger partial charge >= 0.3 is 0 Å². The highest BCUT2D eigenvalue weighted by Crippen LogP contribution is 2.25. The van der Waals surface area contributed by atoms with Gasteiger partial charge in [0.25, 0.3) is 5.91 Å². The fourth-order valence-corrected chi connectivity index (χ4v) is 5.13. The van der Waals surface area contributed by atoms with Crippen LogP contribution in [0.1, 0.15) is 63.4 Å². The minimum Gasteiger partial charge on any atom is -0.368 e. The first-order valence-electron chi connectivity index (χ1n) is 14.3. The van der Waals surface area contributed by atoms with Crippen LogP contribution in [0.25, 0.3) is 16.9 Å². The van der Waals surface area contributed by atoms with E-state index in [0.29, 0.717) is 23.1 Å². The highest BCUT2D eigenvalue weighted by Gasteiger charge is 2.22. The molecule has 216 valence electrons. The number of aromatic nitrogens is 7. The van der Waals surface area contributed by atoms with E-state index in [1.54, 1.807) is 10.9 Å². The smallest absolute Gasteiger partial charge is 0.276 e. The van der Waals surface area contributed by atoms with E-state index < -0.39 is 0 Å². The monoisotopic (exact) mass is 556 g/mol. The van der Waals surface area contributed by atoms with Gasteiger partial charge in [0.2, 0.25) is 0 Å². The van der Waals surface area contributed by atoms with Crippen molar-refractivity contribution in [2.24, 2.45) is 0 Å². The Kier molecular flexibility index (Phi) is 7.90. The number of nitrogens with one attached hydrogen (secondary N) is 1. The Hall–Kier alpha value is -4.12. The molecular weight excluding hydrogens is 516 g/mol. The van der Waals surface area contributed by atoms with Crippen LogP contribution in [-0.4, -0.2) is 77.8 Å². The molecule has 0 aromatic carbocycles. The fourth-order valence-electron chi connectivity index (χ4n) is 5.13. The van der Waals surface area contributed by atoms with Crippen molar-refractivity contribution in [2.45, 2.75) is 66.5 Å². The lowest BCUT2D eigenvalue weighted by molar-refractivity contribution is 0.102. The molecule has 0 atom stereocenters. The summed E-state index contributed by atoms with van der Waals surface area (Å²) in [6.07, 6.45) is 8.02. The van der Waals surface area contributed by atoms with Crippen LogP contribution >= 0.6 is 0 Å². The molecule has 11 heteroatoms. The molecule has 0 aliphatic carbocycles. The lowest BCUT2D eigenvalue weighted by atomic mass is 10.1. The van der Waals surface area contributed by atoms with E-state index in [2.05, 4.69) is 88.1 Å². The van der Waals surface area contributed by atoms with Gasteiger partial charge in [0.15, 0.2) is 5.69 Å². The molecular formula is C30H40N10O. The van der Waals surface area contributed by atoms with E-state index in [-0.39, 0.29) is 11.4 Å². The summed E-state index contributed by atoms with van der Waals surface area (Å²) < 4.78 is 3.60. The molecule has 1 amide bonds. The van der Waals surface area contributed by atoms with Crippen LogP contribution < -0.4 is 10.2 Å².